The fourth-order valence-electron chi connectivity index (χ4n) is 3.83. The summed E-state index contributed by atoms with van der Waals surface area (Å²) in [6.45, 7) is 5.52. The van der Waals surface area contributed by atoms with Gasteiger partial charge in [0.1, 0.15) is 24.0 Å². The van der Waals surface area contributed by atoms with Crippen LogP contribution in [-0.4, -0.2) is 46.4 Å². The Hall–Kier alpha value is -2.71. The highest BCUT2D eigenvalue weighted by Crippen LogP contribution is 2.24. The first-order valence-corrected chi connectivity index (χ1v) is 9.80. The van der Waals surface area contributed by atoms with Gasteiger partial charge in [-0.1, -0.05) is 0 Å². The van der Waals surface area contributed by atoms with E-state index < -0.39 is 11.6 Å². The molecule has 1 fully saturated rings. The number of rotatable bonds is 5. The van der Waals surface area contributed by atoms with E-state index in [1.807, 2.05) is 11.8 Å². The number of guanidine groups is 1. The zero-order valence-electron chi connectivity index (χ0n) is 16.0. The van der Waals surface area contributed by atoms with Crippen molar-refractivity contribution in [2.45, 2.75) is 45.3 Å². The van der Waals surface area contributed by atoms with Gasteiger partial charge in [-0.25, -0.2) is 13.8 Å². The Morgan fingerprint density at radius 1 is 1.29 bits per heavy atom. The summed E-state index contributed by atoms with van der Waals surface area (Å²) in [5.74, 6) is 1.55. The molecule has 0 saturated carbocycles. The van der Waals surface area contributed by atoms with E-state index in [0.29, 0.717) is 31.3 Å². The van der Waals surface area contributed by atoms with Crippen molar-refractivity contribution in [2.75, 3.05) is 24.5 Å². The van der Waals surface area contributed by atoms with E-state index in [1.165, 1.54) is 12.1 Å². The number of hydrogen-bond acceptors (Lipinski definition) is 4. The second-order valence-corrected chi connectivity index (χ2v) is 7.15. The van der Waals surface area contributed by atoms with Gasteiger partial charge in [0.25, 0.3) is 0 Å². The second kappa shape index (κ2) is 8.12. The molecule has 4 rings (SSSR count). The van der Waals surface area contributed by atoms with Gasteiger partial charge >= 0.3 is 0 Å². The number of benzene rings is 1. The molecule has 150 valence electrons. The molecule has 3 heterocycles. The monoisotopic (exact) mass is 389 g/mol. The minimum absolute atomic E-state index is 0.131. The van der Waals surface area contributed by atoms with Crippen LogP contribution in [0.5, 0.6) is 0 Å². The molecule has 2 aromatic rings. The summed E-state index contributed by atoms with van der Waals surface area (Å²) in [4.78, 5) is 6.58. The summed E-state index contributed by atoms with van der Waals surface area (Å²) < 4.78 is 29.3. The number of nitrogens with one attached hydrogen (secondary N) is 2. The minimum atomic E-state index is -0.559. The lowest BCUT2D eigenvalue weighted by Crippen LogP contribution is -2.44. The highest BCUT2D eigenvalue weighted by atomic mass is 19.1. The molecule has 0 radical (unpaired) electrons. The van der Waals surface area contributed by atoms with E-state index in [4.69, 9.17) is 0 Å². The molecule has 1 aromatic carbocycles. The maximum Gasteiger partial charge on any atom is 0.191 e. The lowest BCUT2D eigenvalue weighted by molar-refractivity contribution is 0.580. The quantitative estimate of drug-likeness (QED) is 0.603. The maximum absolute atomic E-state index is 14.0. The number of aryl methyl sites for hydroxylation is 1. The third-order valence-corrected chi connectivity index (χ3v) is 5.19. The Balaban J connectivity index is 1.39. The SMILES string of the molecule is CCNC(=NCc1nnc2n1CCC2)NC1CCN(c2ccc(F)cc2F)C1. The number of aromatic nitrogens is 3. The van der Waals surface area contributed by atoms with Crippen LogP contribution < -0.4 is 15.5 Å². The molecule has 1 saturated heterocycles. The van der Waals surface area contributed by atoms with Crippen LogP contribution in [0.2, 0.25) is 0 Å². The van der Waals surface area contributed by atoms with Crippen molar-refractivity contribution in [2.24, 2.45) is 4.99 Å². The normalized spacial score (nSPS) is 19.2. The smallest absolute Gasteiger partial charge is 0.191 e. The first-order chi connectivity index (χ1) is 13.6. The summed E-state index contributed by atoms with van der Waals surface area (Å²) in [7, 11) is 0. The summed E-state index contributed by atoms with van der Waals surface area (Å²) in [6.07, 6.45) is 2.94. The van der Waals surface area contributed by atoms with Crippen LogP contribution in [0.25, 0.3) is 0 Å². The van der Waals surface area contributed by atoms with Crippen LogP contribution in [0.15, 0.2) is 23.2 Å². The van der Waals surface area contributed by atoms with Gasteiger partial charge in [-0.05, 0) is 31.9 Å². The lowest BCUT2D eigenvalue weighted by atomic mass is 10.2. The summed E-state index contributed by atoms with van der Waals surface area (Å²) in [5.41, 5.74) is 0.437. The number of aliphatic imine (C=N–C) groups is 1. The number of nitrogens with zero attached hydrogens (tertiary/aromatic N) is 5. The zero-order chi connectivity index (χ0) is 19.5. The predicted octanol–water partition coefficient (Wildman–Crippen LogP) is 1.84. The fourth-order valence-corrected chi connectivity index (χ4v) is 3.83. The van der Waals surface area contributed by atoms with Gasteiger partial charge in [0.2, 0.25) is 0 Å². The molecule has 9 heteroatoms. The van der Waals surface area contributed by atoms with Crippen molar-refractivity contribution in [1.82, 2.24) is 25.4 Å². The highest BCUT2D eigenvalue weighted by Gasteiger charge is 2.25. The minimum Gasteiger partial charge on any atom is -0.367 e. The summed E-state index contributed by atoms with van der Waals surface area (Å²) >= 11 is 0. The molecular weight excluding hydrogens is 364 g/mol. The molecule has 1 unspecified atom stereocenters. The average Bonchev–Trinajstić information content (AvgIpc) is 3.37. The van der Waals surface area contributed by atoms with Crippen LogP contribution in [0, 0.1) is 11.6 Å². The summed E-state index contributed by atoms with van der Waals surface area (Å²) in [6, 6.07) is 3.85. The number of fused-ring (bicyclic) bond motifs is 1. The van der Waals surface area contributed by atoms with Gasteiger partial charge in [-0.2, -0.15) is 0 Å². The van der Waals surface area contributed by atoms with E-state index in [0.717, 1.165) is 50.1 Å². The average molecular weight is 389 g/mol. The van der Waals surface area contributed by atoms with Crippen molar-refractivity contribution < 1.29 is 8.78 Å². The van der Waals surface area contributed by atoms with E-state index in [2.05, 4.69) is 30.4 Å². The molecule has 2 N–H and O–H groups in total. The number of anilines is 1. The van der Waals surface area contributed by atoms with Crippen molar-refractivity contribution in [1.29, 1.82) is 0 Å². The highest BCUT2D eigenvalue weighted by molar-refractivity contribution is 5.80. The number of hydrogen-bond donors (Lipinski definition) is 2. The molecule has 0 aliphatic carbocycles. The van der Waals surface area contributed by atoms with Crippen molar-refractivity contribution in [3.8, 4) is 0 Å². The second-order valence-electron chi connectivity index (χ2n) is 7.15. The Bertz CT molecular complexity index is 864. The standard InChI is InChI=1S/C19H25F2N7/c1-2-22-19(23-11-18-26-25-17-4-3-8-28(17)18)24-14-7-9-27(12-14)16-6-5-13(20)10-15(16)21/h5-6,10,14H,2-4,7-9,11-12H2,1H3,(H2,22,23,24). The van der Waals surface area contributed by atoms with Crippen LogP contribution in [0.1, 0.15) is 31.4 Å². The van der Waals surface area contributed by atoms with Gasteiger partial charge < -0.3 is 20.1 Å². The Kier molecular flexibility index (Phi) is 5.40. The Labute approximate surface area is 162 Å². The molecule has 28 heavy (non-hydrogen) atoms. The molecule has 1 aromatic heterocycles. The van der Waals surface area contributed by atoms with Crippen molar-refractivity contribution in [3.63, 3.8) is 0 Å². The van der Waals surface area contributed by atoms with Gasteiger partial charge in [-0.15, -0.1) is 10.2 Å². The first kappa shape index (κ1) is 18.6. The zero-order valence-corrected chi connectivity index (χ0v) is 16.0. The Morgan fingerprint density at radius 2 is 2.18 bits per heavy atom. The van der Waals surface area contributed by atoms with Gasteiger partial charge in [0, 0.05) is 44.7 Å². The molecule has 2 aliphatic rings. The number of halogens is 2. The van der Waals surface area contributed by atoms with Crippen LogP contribution in [0.4, 0.5) is 14.5 Å². The van der Waals surface area contributed by atoms with Gasteiger partial charge in [-0.3, -0.25) is 0 Å². The molecule has 7 nitrogen and oxygen atoms in total. The molecule has 2 aliphatic heterocycles. The van der Waals surface area contributed by atoms with Gasteiger partial charge in [0.15, 0.2) is 11.8 Å². The Morgan fingerprint density at radius 3 is 3.00 bits per heavy atom. The fraction of sp³-hybridized carbons (Fsp3) is 0.526. The van der Waals surface area contributed by atoms with E-state index in [-0.39, 0.29) is 6.04 Å². The van der Waals surface area contributed by atoms with Gasteiger partial charge in [0.05, 0.1) is 5.69 Å². The van der Waals surface area contributed by atoms with Crippen molar-refractivity contribution >= 4 is 11.6 Å². The molecule has 1 atom stereocenters. The lowest BCUT2D eigenvalue weighted by Gasteiger charge is -2.21. The predicted molar refractivity (Wildman–Crippen MR) is 103 cm³/mol. The van der Waals surface area contributed by atoms with Crippen LogP contribution in [-0.2, 0) is 19.5 Å². The van der Waals surface area contributed by atoms with E-state index in [1.54, 1.807) is 0 Å². The van der Waals surface area contributed by atoms with E-state index in [9.17, 15) is 8.78 Å². The summed E-state index contributed by atoms with van der Waals surface area (Å²) in [5, 5.41) is 15.1. The first-order valence-electron chi connectivity index (χ1n) is 9.80. The topological polar surface area (TPSA) is 70.4 Å². The van der Waals surface area contributed by atoms with Crippen LogP contribution in [0.3, 0.4) is 0 Å². The molecule has 0 bridgehead atoms. The maximum atomic E-state index is 14.0. The third-order valence-electron chi connectivity index (χ3n) is 5.19. The van der Waals surface area contributed by atoms with Crippen LogP contribution >= 0.6 is 0 Å². The molecule has 0 amide bonds. The van der Waals surface area contributed by atoms with Crippen molar-refractivity contribution in [3.05, 3.63) is 41.5 Å². The largest absolute Gasteiger partial charge is 0.367 e. The van der Waals surface area contributed by atoms with E-state index >= 15 is 0 Å². The third kappa shape index (κ3) is 3.93. The molecular formula is C19H25F2N7. The molecule has 0 spiro atoms.